The van der Waals surface area contributed by atoms with Crippen molar-refractivity contribution < 1.29 is 9.50 Å². The van der Waals surface area contributed by atoms with E-state index in [4.69, 9.17) is 5.73 Å². The molecule has 2 nitrogen and oxygen atoms in total. The molecule has 94 valence electrons. The first-order valence-corrected chi connectivity index (χ1v) is 6.33. The molecule has 2 rings (SSSR count). The maximum absolute atomic E-state index is 13.3. The number of rotatable bonds is 3. The van der Waals surface area contributed by atoms with Gasteiger partial charge in [0.25, 0.3) is 0 Å². The van der Waals surface area contributed by atoms with Crippen LogP contribution >= 0.6 is 15.9 Å². The summed E-state index contributed by atoms with van der Waals surface area (Å²) in [6.45, 7) is 0. The number of nitrogen functional groups attached to an aromatic ring is 1. The van der Waals surface area contributed by atoms with Gasteiger partial charge in [0.15, 0.2) is 0 Å². The number of benzene rings is 2. The third-order valence-corrected chi connectivity index (χ3v) is 3.65. The average molecular weight is 310 g/mol. The standard InChI is InChI=1S/C14H13BrFNO/c15-14-10(2-1-3-12(14)16)8-13(18)9-4-6-11(17)7-5-9/h1-7,13,18H,8,17H2. The van der Waals surface area contributed by atoms with Crippen LogP contribution in [0.15, 0.2) is 46.9 Å². The molecule has 0 amide bonds. The maximum Gasteiger partial charge on any atom is 0.137 e. The SMILES string of the molecule is Nc1ccc(C(O)Cc2cccc(F)c2Br)cc1. The molecule has 3 N–H and O–H groups in total. The number of nitrogens with two attached hydrogens (primary N) is 1. The summed E-state index contributed by atoms with van der Waals surface area (Å²) in [4.78, 5) is 0. The van der Waals surface area contributed by atoms with Gasteiger partial charge in [0.1, 0.15) is 5.82 Å². The van der Waals surface area contributed by atoms with Gasteiger partial charge in [-0.3, -0.25) is 0 Å². The smallest absolute Gasteiger partial charge is 0.137 e. The topological polar surface area (TPSA) is 46.2 Å². The molecule has 0 fully saturated rings. The molecule has 0 radical (unpaired) electrons. The number of aliphatic hydroxyl groups is 1. The molecule has 0 aromatic heterocycles. The average Bonchev–Trinajstić information content (AvgIpc) is 2.36. The van der Waals surface area contributed by atoms with E-state index in [1.807, 2.05) is 0 Å². The van der Waals surface area contributed by atoms with Crippen LogP contribution in [0.2, 0.25) is 0 Å². The van der Waals surface area contributed by atoms with Crippen molar-refractivity contribution in [1.29, 1.82) is 0 Å². The van der Waals surface area contributed by atoms with Crippen molar-refractivity contribution in [3.8, 4) is 0 Å². The number of hydrogen-bond donors (Lipinski definition) is 2. The van der Waals surface area contributed by atoms with Gasteiger partial charge in [0, 0.05) is 12.1 Å². The minimum atomic E-state index is -0.677. The second kappa shape index (κ2) is 5.50. The largest absolute Gasteiger partial charge is 0.399 e. The normalized spacial score (nSPS) is 12.4. The van der Waals surface area contributed by atoms with Crippen LogP contribution in [0, 0.1) is 5.82 Å². The number of anilines is 1. The van der Waals surface area contributed by atoms with Gasteiger partial charge in [-0.25, -0.2) is 4.39 Å². The molecule has 0 heterocycles. The van der Waals surface area contributed by atoms with E-state index in [0.29, 0.717) is 16.6 Å². The van der Waals surface area contributed by atoms with Crippen molar-refractivity contribution in [2.75, 3.05) is 5.73 Å². The lowest BCUT2D eigenvalue weighted by Gasteiger charge is -2.12. The van der Waals surface area contributed by atoms with E-state index in [2.05, 4.69) is 15.9 Å². The van der Waals surface area contributed by atoms with Gasteiger partial charge in [0.05, 0.1) is 10.6 Å². The second-order valence-corrected chi connectivity index (χ2v) is 4.89. The highest BCUT2D eigenvalue weighted by molar-refractivity contribution is 9.10. The summed E-state index contributed by atoms with van der Waals surface area (Å²) in [5, 5.41) is 10.1. The maximum atomic E-state index is 13.3. The van der Waals surface area contributed by atoms with Gasteiger partial charge in [0.2, 0.25) is 0 Å². The van der Waals surface area contributed by atoms with Crippen molar-refractivity contribution >= 4 is 21.6 Å². The van der Waals surface area contributed by atoms with E-state index in [1.165, 1.54) is 6.07 Å². The van der Waals surface area contributed by atoms with Crippen LogP contribution in [0.4, 0.5) is 10.1 Å². The van der Waals surface area contributed by atoms with Crippen LogP contribution < -0.4 is 5.73 Å². The third kappa shape index (κ3) is 2.89. The first kappa shape index (κ1) is 13.1. The summed E-state index contributed by atoms with van der Waals surface area (Å²) in [7, 11) is 0. The molecule has 0 aliphatic heterocycles. The van der Waals surface area contributed by atoms with E-state index in [0.717, 1.165) is 11.1 Å². The van der Waals surface area contributed by atoms with Gasteiger partial charge in [-0.1, -0.05) is 24.3 Å². The monoisotopic (exact) mass is 309 g/mol. The molecule has 18 heavy (non-hydrogen) atoms. The van der Waals surface area contributed by atoms with Crippen LogP contribution in [0.5, 0.6) is 0 Å². The Morgan fingerprint density at radius 2 is 1.83 bits per heavy atom. The Labute approximate surface area is 113 Å². The van der Waals surface area contributed by atoms with Crippen molar-refractivity contribution in [1.82, 2.24) is 0 Å². The van der Waals surface area contributed by atoms with E-state index in [1.54, 1.807) is 36.4 Å². The Balaban J connectivity index is 2.18. The summed E-state index contributed by atoms with van der Waals surface area (Å²) in [5.41, 5.74) is 7.74. The van der Waals surface area contributed by atoms with Crippen molar-refractivity contribution in [3.63, 3.8) is 0 Å². The Morgan fingerprint density at radius 3 is 2.50 bits per heavy atom. The molecule has 1 unspecified atom stereocenters. The van der Waals surface area contributed by atoms with Crippen molar-refractivity contribution in [3.05, 3.63) is 63.9 Å². The third-order valence-electron chi connectivity index (χ3n) is 2.77. The Bertz CT molecular complexity index is 542. The minimum absolute atomic E-state index is 0.322. The Hall–Kier alpha value is -1.39. The lowest BCUT2D eigenvalue weighted by Crippen LogP contribution is -2.03. The molecule has 0 spiro atoms. The van der Waals surface area contributed by atoms with Crippen LogP contribution in [0.3, 0.4) is 0 Å². The van der Waals surface area contributed by atoms with Crippen LogP contribution in [0.1, 0.15) is 17.2 Å². The summed E-state index contributed by atoms with van der Waals surface area (Å²) in [6.07, 6.45) is -0.328. The molecule has 0 bridgehead atoms. The molecule has 2 aromatic carbocycles. The summed E-state index contributed by atoms with van der Waals surface area (Å²) >= 11 is 3.19. The fourth-order valence-electron chi connectivity index (χ4n) is 1.75. The van der Waals surface area contributed by atoms with Gasteiger partial charge in [-0.15, -0.1) is 0 Å². The fourth-order valence-corrected chi connectivity index (χ4v) is 2.18. The lowest BCUT2D eigenvalue weighted by atomic mass is 10.0. The summed E-state index contributed by atoms with van der Waals surface area (Å²) in [6, 6.07) is 11.8. The highest BCUT2D eigenvalue weighted by Crippen LogP contribution is 2.26. The Kier molecular flexibility index (Phi) is 3.99. The molecular formula is C14H13BrFNO. The molecule has 0 saturated heterocycles. The zero-order valence-corrected chi connectivity index (χ0v) is 11.2. The second-order valence-electron chi connectivity index (χ2n) is 4.10. The zero-order chi connectivity index (χ0) is 13.1. The minimum Gasteiger partial charge on any atom is -0.399 e. The quantitative estimate of drug-likeness (QED) is 0.853. The van der Waals surface area contributed by atoms with E-state index < -0.39 is 6.10 Å². The predicted molar refractivity (Wildman–Crippen MR) is 73.6 cm³/mol. The number of halogens is 2. The summed E-state index contributed by atoms with van der Waals surface area (Å²) < 4.78 is 13.7. The van der Waals surface area contributed by atoms with E-state index in [-0.39, 0.29) is 5.82 Å². The first-order valence-electron chi connectivity index (χ1n) is 5.54. The molecule has 2 aromatic rings. The van der Waals surface area contributed by atoms with E-state index >= 15 is 0 Å². The van der Waals surface area contributed by atoms with Crippen LogP contribution in [-0.4, -0.2) is 5.11 Å². The van der Waals surface area contributed by atoms with Gasteiger partial charge in [-0.2, -0.15) is 0 Å². The number of hydrogen-bond acceptors (Lipinski definition) is 2. The Morgan fingerprint density at radius 1 is 1.17 bits per heavy atom. The summed E-state index contributed by atoms with van der Waals surface area (Å²) in [5.74, 6) is -0.322. The van der Waals surface area contributed by atoms with Crippen molar-refractivity contribution in [2.24, 2.45) is 0 Å². The molecule has 4 heteroatoms. The van der Waals surface area contributed by atoms with Gasteiger partial charge < -0.3 is 10.8 Å². The van der Waals surface area contributed by atoms with Crippen LogP contribution in [0.25, 0.3) is 0 Å². The van der Waals surface area contributed by atoms with Gasteiger partial charge >= 0.3 is 0 Å². The molecular weight excluding hydrogens is 297 g/mol. The number of aliphatic hydroxyl groups excluding tert-OH is 1. The molecule has 0 saturated carbocycles. The van der Waals surface area contributed by atoms with Crippen LogP contribution in [-0.2, 0) is 6.42 Å². The predicted octanol–water partition coefficient (Wildman–Crippen LogP) is 3.45. The highest BCUT2D eigenvalue weighted by atomic mass is 79.9. The highest BCUT2D eigenvalue weighted by Gasteiger charge is 2.12. The lowest BCUT2D eigenvalue weighted by molar-refractivity contribution is 0.178. The van der Waals surface area contributed by atoms with Crippen molar-refractivity contribution in [2.45, 2.75) is 12.5 Å². The zero-order valence-electron chi connectivity index (χ0n) is 9.61. The van der Waals surface area contributed by atoms with Gasteiger partial charge in [-0.05, 0) is 45.3 Å². The molecule has 1 atom stereocenters. The van der Waals surface area contributed by atoms with E-state index in [9.17, 15) is 9.50 Å². The first-order chi connectivity index (χ1) is 8.58. The molecule has 0 aliphatic carbocycles. The fraction of sp³-hybridized carbons (Fsp3) is 0.143. The molecule has 0 aliphatic rings.